The van der Waals surface area contributed by atoms with Crippen molar-refractivity contribution < 1.29 is 14.0 Å². The number of hydrogen-bond donors (Lipinski definition) is 0. The van der Waals surface area contributed by atoms with Gasteiger partial charge in [0.15, 0.2) is 0 Å². The molecule has 2 saturated carbocycles. The van der Waals surface area contributed by atoms with Gasteiger partial charge in [0, 0.05) is 17.3 Å². The summed E-state index contributed by atoms with van der Waals surface area (Å²) in [6.07, 6.45) is 6.81. The normalized spacial score (nSPS) is 20.4. The number of halogens is 1. The number of carbonyl (C=O) groups is 2. The van der Waals surface area contributed by atoms with Gasteiger partial charge in [0.05, 0.1) is 0 Å². The Morgan fingerprint density at radius 2 is 1.32 bits per heavy atom. The first-order valence-electron chi connectivity index (χ1n) is 14.3. The van der Waals surface area contributed by atoms with Gasteiger partial charge in [0.2, 0.25) is 0 Å². The number of benzene rings is 2. The van der Waals surface area contributed by atoms with Gasteiger partial charge in [-0.1, -0.05) is 107 Å². The van der Waals surface area contributed by atoms with E-state index in [0.29, 0.717) is 5.78 Å². The van der Waals surface area contributed by atoms with Crippen molar-refractivity contribution in [1.29, 1.82) is 0 Å². The Bertz CT molecular complexity index is 874. The highest BCUT2D eigenvalue weighted by Crippen LogP contribution is 2.52. The fourth-order valence-electron chi connectivity index (χ4n) is 5.08. The van der Waals surface area contributed by atoms with Gasteiger partial charge in [0.25, 0.3) is 0 Å². The summed E-state index contributed by atoms with van der Waals surface area (Å²) in [5.41, 5.74) is 4.60. The summed E-state index contributed by atoms with van der Waals surface area (Å²) in [7, 11) is 0. The average Bonchev–Trinajstić information content (AvgIpc) is 3.80. The van der Waals surface area contributed by atoms with E-state index in [9.17, 15) is 9.18 Å². The van der Waals surface area contributed by atoms with Crippen LogP contribution in [0.5, 0.6) is 0 Å². The maximum Gasteiger partial charge on any atom is 0.143 e. The number of hydrogen-bond acceptors (Lipinski definition) is 2. The Hall–Kier alpha value is -2.55. The SMILES string of the molecule is C=C.C=O.CC.CC1CCCC(C(=O)C(C)c2ccc(C3(C(C)F)CC3)cc2)CC1.Cc1ccc(C)cc1. The maximum atomic E-state index is 13.9. The number of ketones is 1. The zero-order valence-electron chi connectivity index (χ0n) is 25.2. The zero-order chi connectivity index (χ0) is 29.3. The maximum absolute atomic E-state index is 13.9. The van der Waals surface area contributed by atoms with E-state index < -0.39 is 6.17 Å². The van der Waals surface area contributed by atoms with Crippen molar-refractivity contribution in [1.82, 2.24) is 0 Å². The van der Waals surface area contributed by atoms with Crippen LogP contribution in [0.3, 0.4) is 0 Å². The molecule has 2 aromatic rings. The molecule has 4 rings (SSSR count). The van der Waals surface area contributed by atoms with Crippen molar-refractivity contribution >= 4 is 12.6 Å². The number of rotatable bonds is 5. The van der Waals surface area contributed by atoms with Gasteiger partial charge in [-0.05, 0) is 63.5 Å². The smallest absolute Gasteiger partial charge is 0.143 e. The molecule has 212 valence electrons. The van der Waals surface area contributed by atoms with E-state index >= 15 is 0 Å². The van der Waals surface area contributed by atoms with E-state index in [0.717, 1.165) is 42.7 Å². The first kappa shape index (κ1) is 35.5. The van der Waals surface area contributed by atoms with Crippen LogP contribution in [-0.4, -0.2) is 18.7 Å². The summed E-state index contributed by atoms with van der Waals surface area (Å²) in [6.45, 7) is 22.2. The molecule has 4 unspecified atom stereocenters. The molecule has 2 aromatic carbocycles. The first-order valence-corrected chi connectivity index (χ1v) is 14.3. The molecule has 38 heavy (non-hydrogen) atoms. The number of aryl methyl sites for hydroxylation is 2. The lowest BCUT2D eigenvalue weighted by Gasteiger charge is -2.21. The van der Waals surface area contributed by atoms with E-state index in [1.165, 1.54) is 30.4 Å². The van der Waals surface area contributed by atoms with Crippen molar-refractivity contribution in [2.75, 3.05) is 0 Å². The van der Waals surface area contributed by atoms with Crippen molar-refractivity contribution in [3.8, 4) is 0 Å². The summed E-state index contributed by atoms with van der Waals surface area (Å²) in [5.74, 6) is 1.34. The van der Waals surface area contributed by atoms with Gasteiger partial charge in [0.1, 0.15) is 18.7 Å². The fraction of sp³-hybridized carbons (Fsp3) is 0.543. The lowest BCUT2D eigenvalue weighted by Crippen LogP contribution is -2.21. The standard InChI is InChI=1S/C22H31FO.C8H10.C2H6.C2H4.CH2O/c1-15-5-4-6-19(8-7-15)21(24)16(2)18-9-11-20(12-10-18)22(13-14-22)17(3)23;1-7-3-5-8(2)6-4-7;3*1-2/h9-12,15-17,19H,4-8,13-14H2,1-3H3;3-6H,1-2H3;1-2H3;1-2H2;1H2. The van der Waals surface area contributed by atoms with Crippen LogP contribution < -0.4 is 0 Å². The van der Waals surface area contributed by atoms with Crippen LogP contribution >= 0.6 is 0 Å². The largest absolute Gasteiger partial charge is 0.307 e. The lowest BCUT2D eigenvalue weighted by molar-refractivity contribution is -0.124. The molecule has 2 nitrogen and oxygen atoms in total. The number of Topliss-reactive ketones (excluding diaryl/α,β-unsaturated/α-hetero) is 1. The molecule has 0 N–H and O–H groups in total. The first-order chi connectivity index (χ1) is 18.2. The minimum atomic E-state index is -0.796. The van der Waals surface area contributed by atoms with Crippen molar-refractivity contribution in [3.05, 3.63) is 83.9 Å². The van der Waals surface area contributed by atoms with Crippen LogP contribution in [0, 0.1) is 25.7 Å². The highest BCUT2D eigenvalue weighted by atomic mass is 19.1. The van der Waals surface area contributed by atoms with Gasteiger partial charge in [-0.3, -0.25) is 4.79 Å². The van der Waals surface area contributed by atoms with Crippen LogP contribution in [0.2, 0.25) is 0 Å². The summed E-state index contributed by atoms with van der Waals surface area (Å²) < 4.78 is 13.9. The molecular weight excluding hydrogens is 471 g/mol. The molecule has 0 saturated heterocycles. The fourth-order valence-corrected chi connectivity index (χ4v) is 5.08. The van der Waals surface area contributed by atoms with Gasteiger partial charge in [-0.15, -0.1) is 13.2 Å². The summed E-state index contributed by atoms with van der Waals surface area (Å²) >= 11 is 0. The molecule has 2 aliphatic rings. The second-order valence-corrected chi connectivity index (χ2v) is 10.5. The molecule has 0 spiro atoms. The third-order valence-electron chi connectivity index (χ3n) is 7.84. The van der Waals surface area contributed by atoms with E-state index in [1.807, 2.05) is 27.6 Å². The molecule has 0 radical (unpaired) electrons. The molecule has 2 aliphatic carbocycles. The van der Waals surface area contributed by atoms with E-state index in [-0.39, 0.29) is 17.3 Å². The Morgan fingerprint density at radius 1 is 0.842 bits per heavy atom. The van der Waals surface area contributed by atoms with Gasteiger partial charge >= 0.3 is 0 Å². The third kappa shape index (κ3) is 10.7. The molecule has 0 aromatic heterocycles. The molecule has 4 atom stereocenters. The highest BCUT2D eigenvalue weighted by Gasteiger charge is 2.49. The highest BCUT2D eigenvalue weighted by molar-refractivity contribution is 5.87. The van der Waals surface area contributed by atoms with Crippen molar-refractivity contribution in [3.63, 3.8) is 0 Å². The summed E-state index contributed by atoms with van der Waals surface area (Å²) in [5, 5.41) is 0. The molecule has 2 fully saturated rings. The minimum absolute atomic E-state index is 0.0459. The summed E-state index contributed by atoms with van der Waals surface area (Å²) in [6, 6.07) is 16.7. The molecule has 0 aliphatic heterocycles. The second kappa shape index (κ2) is 18.7. The number of carbonyl (C=O) groups excluding carboxylic acids is 2. The quantitative estimate of drug-likeness (QED) is 0.288. The monoisotopic (exact) mass is 524 g/mol. The Morgan fingerprint density at radius 3 is 1.74 bits per heavy atom. The lowest BCUT2D eigenvalue weighted by atomic mass is 9.83. The van der Waals surface area contributed by atoms with Crippen molar-refractivity contribution in [2.45, 2.75) is 111 Å². The predicted octanol–water partition coefficient (Wildman–Crippen LogP) is 9.91. The average molecular weight is 525 g/mol. The van der Waals surface area contributed by atoms with Crippen LogP contribution in [0.25, 0.3) is 0 Å². The molecule has 0 heterocycles. The minimum Gasteiger partial charge on any atom is -0.307 e. The Kier molecular flexibility index (Phi) is 17.4. The zero-order valence-corrected chi connectivity index (χ0v) is 25.2. The van der Waals surface area contributed by atoms with Crippen LogP contribution in [0.1, 0.15) is 108 Å². The number of alkyl halides is 1. The molecular formula is C35H53FO2. The Labute approximate surface area is 233 Å². The predicted molar refractivity (Wildman–Crippen MR) is 163 cm³/mol. The van der Waals surface area contributed by atoms with Gasteiger partial charge < -0.3 is 4.79 Å². The van der Waals surface area contributed by atoms with Crippen LogP contribution in [0.4, 0.5) is 4.39 Å². The van der Waals surface area contributed by atoms with E-state index in [1.54, 1.807) is 6.92 Å². The van der Waals surface area contributed by atoms with E-state index in [4.69, 9.17) is 4.79 Å². The van der Waals surface area contributed by atoms with Crippen LogP contribution in [-0.2, 0) is 15.0 Å². The Balaban J connectivity index is 0.000000817. The second-order valence-electron chi connectivity index (χ2n) is 10.5. The molecule has 0 amide bonds. The van der Waals surface area contributed by atoms with Crippen molar-refractivity contribution in [2.24, 2.45) is 11.8 Å². The van der Waals surface area contributed by atoms with E-state index in [2.05, 4.69) is 82.5 Å². The molecule has 3 heteroatoms. The summed E-state index contributed by atoms with van der Waals surface area (Å²) in [4.78, 5) is 20.9. The molecule has 0 bridgehead atoms. The van der Waals surface area contributed by atoms with Gasteiger partial charge in [-0.25, -0.2) is 4.39 Å². The van der Waals surface area contributed by atoms with Gasteiger partial charge in [-0.2, -0.15) is 0 Å². The topological polar surface area (TPSA) is 34.1 Å². The third-order valence-corrected chi connectivity index (χ3v) is 7.84. The van der Waals surface area contributed by atoms with Crippen LogP contribution in [0.15, 0.2) is 61.7 Å².